The topological polar surface area (TPSA) is 87.3 Å². The van der Waals surface area contributed by atoms with Crippen LogP contribution >= 0.6 is 0 Å². The first-order chi connectivity index (χ1) is 13.3. The highest BCUT2D eigenvalue weighted by molar-refractivity contribution is 5.67. The van der Waals surface area contributed by atoms with E-state index >= 15 is 0 Å². The van der Waals surface area contributed by atoms with Crippen molar-refractivity contribution in [3.63, 3.8) is 0 Å². The lowest BCUT2D eigenvalue weighted by Crippen LogP contribution is -2.28. The van der Waals surface area contributed by atoms with E-state index in [1.807, 2.05) is 37.4 Å². The molecule has 0 aromatic heterocycles. The highest BCUT2D eigenvalue weighted by atomic mass is 16.6. The van der Waals surface area contributed by atoms with E-state index in [9.17, 15) is 4.79 Å². The first-order valence-corrected chi connectivity index (χ1v) is 9.23. The van der Waals surface area contributed by atoms with E-state index in [4.69, 9.17) is 23.7 Å². The number of carbonyl (C=O) groups is 1. The molecule has 27 heavy (non-hydrogen) atoms. The average molecular weight is 384 g/mol. The van der Waals surface area contributed by atoms with Crippen LogP contribution in [0, 0.1) is 0 Å². The van der Waals surface area contributed by atoms with E-state index in [1.54, 1.807) is 0 Å². The maximum Gasteiger partial charge on any atom is 0.407 e. The van der Waals surface area contributed by atoms with Gasteiger partial charge in [0.1, 0.15) is 6.61 Å². The lowest BCUT2D eigenvalue weighted by Gasteiger charge is -2.08. The number of carbonyl (C=O) groups excluding carboxylic acids is 1. The van der Waals surface area contributed by atoms with Crippen molar-refractivity contribution in [1.29, 1.82) is 0 Å². The Kier molecular flexibility index (Phi) is 15.3. The van der Waals surface area contributed by atoms with Crippen molar-refractivity contribution >= 4 is 6.09 Å². The molecule has 1 aromatic carbocycles. The molecule has 0 aliphatic carbocycles. The molecule has 0 spiro atoms. The summed E-state index contributed by atoms with van der Waals surface area (Å²) in [5, 5.41) is 5.64. The molecule has 0 unspecified atom stereocenters. The fourth-order valence-corrected chi connectivity index (χ4v) is 1.94. The Morgan fingerprint density at radius 1 is 0.778 bits per heavy atom. The van der Waals surface area contributed by atoms with E-state index in [-0.39, 0.29) is 6.61 Å². The summed E-state index contributed by atoms with van der Waals surface area (Å²) in [5.74, 6) is 0. The maximum absolute atomic E-state index is 11.5. The molecule has 0 radical (unpaired) electrons. The summed E-state index contributed by atoms with van der Waals surface area (Å²) in [4.78, 5) is 11.5. The minimum absolute atomic E-state index is 0.255. The first kappa shape index (κ1) is 23.3. The molecule has 0 fully saturated rings. The summed E-state index contributed by atoms with van der Waals surface area (Å²) in [6.07, 6.45) is -0.453. The SMILES string of the molecule is CNCCOCCOCCOCCOCCNC(=O)OCc1ccccc1. The van der Waals surface area contributed by atoms with Crippen LogP contribution in [0.4, 0.5) is 4.79 Å². The van der Waals surface area contributed by atoms with Crippen LogP contribution in [0.2, 0.25) is 0 Å². The summed E-state index contributed by atoms with van der Waals surface area (Å²) < 4.78 is 26.5. The van der Waals surface area contributed by atoms with Crippen LogP contribution in [0.1, 0.15) is 5.56 Å². The zero-order chi connectivity index (χ0) is 19.4. The first-order valence-electron chi connectivity index (χ1n) is 9.23. The number of hydrogen-bond acceptors (Lipinski definition) is 7. The Bertz CT molecular complexity index is 461. The molecule has 0 bridgehead atoms. The minimum atomic E-state index is -0.453. The maximum atomic E-state index is 11.5. The average Bonchev–Trinajstić information content (AvgIpc) is 2.70. The predicted molar refractivity (Wildman–Crippen MR) is 102 cm³/mol. The fourth-order valence-electron chi connectivity index (χ4n) is 1.94. The number of alkyl carbamates (subject to hydrolysis) is 1. The van der Waals surface area contributed by atoms with Gasteiger partial charge in [-0.15, -0.1) is 0 Å². The van der Waals surface area contributed by atoms with Crippen molar-refractivity contribution in [2.45, 2.75) is 6.61 Å². The monoisotopic (exact) mass is 384 g/mol. The fraction of sp³-hybridized carbons (Fsp3) is 0.632. The van der Waals surface area contributed by atoms with Crippen LogP contribution in [0.25, 0.3) is 0 Å². The van der Waals surface area contributed by atoms with Gasteiger partial charge in [-0.05, 0) is 12.6 Å². The lowest BCUT2D eigenvalue weighted by atomic mass is 10.2. The molecule has 0 heterocycles. The van der Waals surface area contributed by atoms with E-state index < -0.39 is 6.09 Å². The van der Waals surface area contributed by atoms with Crippen molar-refractivity contribution < 1.29 is 28.5 Å². The Balaban J connectivity index is 1.77. The van der Waals surface area contributed by atoms with Crippen LogP contribution in [0.5, 0.6) is 0 Å². The summed E-state index contributed by atoms with van der Waals surface area (Å²) in [7, 11) is 1.89. The molecule has 1 amide bonds. The number of hydrogen-bond donors (Lipinski definition) is 2. The molecular weight excluding hydrogens is 352 g/mol. The molecule has 8 heteroatoms. The largest absolute Gasteiger partial charge is 0.445 e. The van der Waals surface area contributed by atoms with Gasteiger partial charge in [-0.3, -0.25) is 0 Å². The van der Waals surface area contributed by atoms with Crippen LogP contribution in [0.15, 0.2) is 30.3 Å². The highest BCUT2D eigenvalue weighted by Crippen LogP contribution is 2.00. The molecule has 8 nitrogen and oxygen atoms in total. The summed E-state index contributed by atoms with van der Waals surface area (Å²) in [6.45, 7) is 5.74. The van der Waals surface area contributed by atoms with E-state index in [0.29, 0.717) is 59.4 Å². The smallest absolute Gasteiger partial charge is 0.407 e. The van der Waals surface area contributed by atoms with Gasteiger partial charge in [-0.2, -0.15) is 0 Å². The Morgan fingerprint density at radius 3 is 1.85 bits per heavy atom. The molecule has 1 rings (SSSR count). The molecule has 0 aliphatic rings. The second-order valence-corrected chi connectivity index (χ2v) is 5.54. The van der Waals surface area contributed by atoms with Gasteiger partial charge >= 0.3 is 6.09 Å². The summed E-state index contributed by atoms with van der Waals surface area (Å²) in [6, 6.07) is 9.53. The Labute approximate surface area is 161 Å². The minimum Gasteiger partial charge on any atom is -0.445 e. The molecular formula is C19H32N2O6. The van der Waals surface area contributed by atoms with Gasteiger partial charge in [0, 0.05) is 13.1 Å². The normalized spacial score (nSPS) is 10.7. The molecule has 2 N–H and O–H groups in total. The van der Waals surface area contributed by atoms with Crippen molar-refractivity contribution in [3.05, 3.63) is 35.9 Å². The zero-order valence-electron chi connectivity index (χ0n) is 16.1. The number of benzene rings is 1. The second-order valence-electron chi connectivity index (χ2n) is 5.54. The molecule has 1 aromatic rings. The molecule has 0 saturated heterocycles. The van der Waals surface area contributed by atoms with Crippen LogP contribution in [0.3, 0.4) is 0 Å². The zero-order valence-corrected chi connectivity index (χ0v) is 16.1. The molecule has 0 aliphatic heterocycles. The van der Waals surface area contributed by atoms with Crippen LogP contribution < -0.4 is 10.6 Å². The van der Waals surface area contributed by atoms with E-state index in [0.717, 1.165) is 12.1 Å². The lowest BCUT2D eigenvalue weighted by molar-refractivity contribution is -0.00101. The Hall–Kier alpha value is -1.71. The number of likely N-dealkylation sites (N-methyl/N-ethyl adjacent to an activating group) is 1. The molecule has 0 saturated carbocycles. The van der Waals surface area contributed by atoms with Gasteiger partial charge in [-0.1, -0.05) is 30.3 Å². The number of rotatable bonds is 17. The van der Waals surface area contributed by atoms with Crippen molar-refractivity contribution in [1.82, 2.24) is 10.6 Å². The van der Waals surface area contributed by atoms with Crippen LogP contribution in [-0.4, -0.2) is 79.1 Å². The van der Waals surface area contributed by atoms with Crippen molar-refractivity contribution in [3.8, 4) is 0 Å². The van der Waals surface area contributed by atoms with Gasteiger partial charge in [0.05, 0.1) is 52.9 Å². The van der Waals surface area contributed by atoms with Crippen LogP contribution in [-0.2, 0) is 30.3 Å². The van der Waals surface area contributed by atoms with Crippen molar-refractivity contribution in [2.75, 3.05) is 73.0 Å². The Morgan fingerprint density at radius 2 is 1.30 bits per heavy atom. The third-order valence-electron chi connectivity index (χ3n) is 3.34. The van der Waals surface area contributed by atoms with Gasteiger partial charge in [-0.25, -0.2) is 4.79 Å². The third-order valence-corrected chi connectivity index (χ3v) is 3.34. The van der Waals surface area contributed by atoms with E-state index in [1.165, 1.54) is 0 Å². The van der Waals surface area contributed by atoms with Crippen molar-refractivity contribution in [2.24, 2.45) is 0 Å². The van der Waals surface area contributed by atoms with E-state index in [2.05, 4.69) is 10.6 Å². The number of ether oxygens (including phenoxy) is 5. The van der Waals surface area contributed by atoms with Gasteiger partial charge in [0.25, 0.3) is 0 Å². The van der Waals surface area contributed by atoms with Gasteiger partial charge < -0.3 is 34.3 Å². The standard InChI is InChI=1S/C19H32N2O6/c1-20-7-9-23-11-13-25-15-16-26-14-12-24-10-8-21-19(22)27-17-18-5-3-2-4-6-18/h2-6,20H,7-17H2,1H3,(H,21,22). The number of amides is 1. The van der Waals surface area contributed by atoms with Gasteiger partial charge in [0.2, 0.25) is 0 Å². The summed E-state index contributed by atoms with van der Waals surface area (Å²) in [5.41, 5.74) is 0.950. The number of nitrogens with one attached hydrogen (secondary N) is 2. The molecule has 154 valence electrons. The molecule has 0 atom stereocenters. The second kappa shape index (κ2) is 17.7. The third kappa shape index (κ3) is 15.1. The highest BCUT2D eigenvalue weighted by Gasteiger charge is 2.01. The summed E-state index contributed by atoms with van der Waals surface area (Å²) >= 11 is 0. The quantitative estimate of drug-likeness (QED) is 0.390. The predicted octanol–water partition coefficient (Wildman–Crippen LogP) is 1.20. The van der Waals surface area contributed by atoms with Gasteiger partial charge in [0.15, 0.2) is 0 Å².